The number of nitrogens with zero attached hydrogens (tertiary/aromatic N) is 1. The number of amides is 2. The van der Waals surface area contributed by atoms with Gasteiger partial charge in [-0.05, 0) is 41.3 Å². The van der Waals surface area contributed by atoms with Gasteiger partial charge in [0.05, 0.1) is 9.77 Å². The highest BCUT2D eigenvalue weighted by atomic mass is 35.5. The van der Waals surface area contributed by atoms with Gasteiger partial charge in [0.2, 0.25) is 0 Å². The summed E-state index contributed by atoms with van der Waals surface area (Å²) in [6, 6.07) is 12.7. The van der Waals surface area contributed by atoms with Crippen LogP contribution in [-0.2, 0) is 10.0 Å². The summed E-state index contributed by atoms with van der Waals surface area (Å²) in [5.41, 5.74) is 2.21. The van der Waals surface area contributed by atoms with Gasteiger partial charge in [0.15, 0.2) is 5.13 Å². The average Bonchev–Trinajstić information content (AvgIpc) is 3.10. The molecule has 0 aliphatic heterocycles. The van der Waals surface area contributed by atoms with Crippen LogP contribution in [-0.4, -0.2) is 19.4 Å². The first-order valence-corrected chi connectivity index (χ1v) is 11.1. The number of halogens is 1. The van der Waals surface area contributed by atoms with Crippen LogP contribution in [0.15, 0.2) is 59.6 Å². The Kier molecular flexibility index (Phi) is 6.02. The summed E-state index contributed by atoms with van der Waals surface area (Å²) in [6.07, 6.45) is 1.64. The summed E-state index contributed by atoms with van der Waals surface area (Å²) in [5, 5.41) is 3.15. The van der Waals surface area contributed by atoms with E-state index >= 15 is 0 Å². The second kappa shape index (κ2) is 8.30. The van der Waals surface area contributed by atoms with Crippen LogP contribution in [0.4, 0.5) is 9.93 Å². The van der Waals surface area contributed by atoms with E-state index in [1.54, 1.807) is 6.20 Å². The molecule has 0 spiro atoms. The van der Waals surface area contributed by atoms with Crippen molar-refractivity contribution in [1.82, 2.24) is 9.71 Å². The summed E-state index contributed by atoms with van der Waals surface area (Å²) in [4.78, 5) is 17.0. The van der Waals surface area contributed by atoms with Crippen LogP contribution in [0.3, 0.4) is 0 Å². The molecule has 2 aromatic carbocycles. The van der Waals surface area contributed by atoms with E-state index < -0.39 is 16.1 Å². The lowest BCUT2D eigenvalue weighted by atomic mass is 10.0. The summed E-state index contributed by atoms with van der Waals surface area (Å²) in [5.74, 6) is 0.444. The maximum Gasteiger partial charge on any atom is 0.334 e. The lowest BCUT2D eigenvalue weighted by molar-refractivity contribution is 0.256. The topological polar surface area (TPSA) is 88.2 Å². The Morgan fingerprint density at radius 3 is 2.32 bits per heavy atom. The van der Waals surface area contributed by atoms with Crippen molar-refractivity contribution >= 4 is 44.1 Å². The molecule has 6 nitrogen and oxygen atoms in total. The van der Waals surface area contributed by atoms with Crippen molar-refractivity contribution in [3.63, 3.8) is 0 Å². The van der Waals surface area contributed by atoms with E-state index in [1.807, 2.05) is 16.9 Å². The molecule has 0 bridgehead atoms. The van der Waals surface area contributed by atoms with E-state index in [0.717, 1.165) is 10.4 Å². The number of anilines is 1. The summed E-state index contributed by atoms with van der Waals surface area (Å²) < 4.78 is 26.4. The van der Waals surface area contributed by atoms with Crippen LogP contribution >= 0.6 is 22.9 Å². The zero-order valence-electron chi connectivity index (χ0n) is 15.1. The van der Waals surface area contributed by atoms with Crippen molar-refractivity contribution in [2.45, 2.75) is 24.7 Å². The Labute approximate surface area is 172 Å². The van der Waals surface area contributed by atoms with E-state index in [0.29, 0.717) is 16.1 Å². The lowest BCUT2D eigenvalue weighted by Gasteiger charge is -2.07. The molecule has 0 atom stereocenters. The molecule has 28 heavy (non-hydrogen) atoms. The summed E-state index contributed by atoms with van der Waals surface area (Å²) >= 11 is 7.01. The Balaban J connectivity index is 1.67. The standard InChI is InChI=1S/C19H18ClN3O3S2/c1-12(2)13-3-5-14(6-4-13)17-11-21-19(27-17)22-18(24)23-28(25,26)16-9-7-15(20)8-10-16/h3-12H,1-2H3,(H2,21,22,23,24). The van der Waals surface area contributed by atoms with Crippen LogP contribution in [0.25, 0.3) is 10.4 Å². The average molecular weight is 436 g/mol. The summed E-state index contributed by atoms with van der Waals surface area (Å²) in [6.45, 7) is 4.25. The SMILES string of the molecule is CC(C)c1ccc(-c2cnc(NC(=O)NS(=O)(=O)c3ccc(Cl)cc3)s2)cc1. The van der Waals surface area contributed by atoms with Gasteiger partial charge in [-0.2, -0.15) is 0 Å². The zero-order valence-corrected chi connectivity index (χ0v) is 17.5. The highest BCUT2D eigenvalue weighted by Gasteiger charge is 2.18. The normalized spacial score (nSPS) is 11.4. The van der Waals surface area contributed by atoms with Gasteiger partial charge < -0.3 is 0 Å². The maximum absolute atomic E-state index is 12.2. The van der Waals surface area contributed by atoms with Crippen LogP contribution < -0.4 is 10.0 Å². The molecule has 0 aliphatic rings. The van der Waals surface area contributed by atoms with Crippen molar-refractivity contribution in [2.24, 2.45) is 0 Å². The van der Waals surface area contributed by atoms with E-state index in [1.165, 1.54) is 41.2 Å². The van der Waals surface area contributed by atoms with Crippen LogP contribution in [0.1, 0.15) is 25.3 Å². The van der Waals surface area contributed by atoms with E-state index in [9.17, 15) is 13.2 Å². The van der Waals surface area contributed by atoms with Gasteiger partial charge in [-0.25, -0.2) is 22.9 Å². The molecule has 146 valence electrons. The molecular weight excluding hydrogens is 418 g/mol. The minimum Gasteiger partial charge on any atom is -0.283 e. The Morgan fingerprint density at radius 1 is 1.07 bits per heavy atom. The van der Waals surface area contributed by atoms with Crippen molar-refractivity contribution in [1.29, 1.82) is 0 Å². The van der Waals surface area contributed by atoms with Gasteiger partial charge in [-0.15, -0.1) is 0 Å². The number of carbonyl (C=O) groups is 1. The molecule has 0 saturated heterocycles. The Bertz CT molecular complexity index is 1080. The van der Waals surface area contributed by atoms with Crippen molar-refractivity contribution in [3.8, 4) is 10.4 Å². The number of benzene rings is 2. The first kappa shape index (κ1) is 20.3. The third-order valence-corrected chi connectivity index (χ3v) is 6.50. The highest BCUT2D eigenvalue weighted by Crippen LogP contribution is 2.30. The molecule has 0 fully saturated rings. The number of nitrogens with one attached hydrogen (secondary N) is 2. The predicted octanol–water partition coefficient (Wildman–Crippen LogP) is 5.10. The minimum absolute atomic E-state index is 0.0582. The zero-order chi connectivity index (χ0) is 20.3. The van der Waals surface area contributed by atoms with Crippen LogP contribution in [0.2, 0.25) is 5.02 Å². The molecule has 9 heteroatoms. The van der Waals surface area contributed by atoms with Crippen LogP contribution in [0, 0.1) is 0 Å². The fourth-order valence-corrected chi connectivity index (χ4v) is 4.27. The second-order valence-corrected chi connectivity index (χ2v) is 9.47. The van der Waals surface area contributed by atoms with E-state index in [4.69, 9.17) is 11.6 Å². The van der Waals surface area contributed by atoms with Gasteiger partial charge in [-0.1, -0.05) is 61.1 Å². The number of thiazole rings is 1. The lowest BCUT2D eigenvalue weighted by Crippen LogP contribution is -2.34. The number of hydrogen-bond donors (Lipinski definition) is 2. The molecule has 1 aromatic heterocycles. The van der Waals surface area contributed by atoms with Crippen LogP contribution in [0.5, 0.6) is 0 Å². The predicted molar refractivity (Wildman–Crippen MR) is 112 cm³/mol. The van der Waals surface area contributed by atoms with Crippen molar-refractivity contribution in [2.75, 3.05) is 5.32 Å². The molecule has 0 aliphatic carbocycles. The molecule has 2 amide bonds. The fourth-order valence-electron chi connectivity index (χ4n) is 2.41. The molecule has 3 aromatic rings. The molecule has 0 radical (unpaired) electrons. The van der Waals surface area contributed by atoms with Gasteiger partial charge in [-0.3, -0.25) is 5.32 Å². The molecule has 0 saturated carbocycles. The maximum atomic E-state index is 12.2. The van der Waals surface area contributed by atoms with Gasteiger partial charge >= 0.3 is 6.03 Å². The van der Waals surface area contributed by atoms with Gasteiger partial charge in [0.25, 0.3) is 10.0 Å². The van der Waals surface area contributed by atoms with E-state index in [2.05, 4.69) is 36.3 Å². The minimum atomic E-state index is -4.00. The van der Waals surface area contributed by atoms with Gasteiger partial charge in [0, 0.05) is 11.2 Å². The third kappa shape index (κ3) is 4.89. The number of aromatic nitrogens is 1. The quantitative estimate of drug-likeness (QED) is 0.583. The Morgan fingerprint density at radius 2 is 1.71 bits per heavy atom. The first-order chi connectivity index (χ1) is 13.2. The molecule has 3 rings (SSSR count). The van der Waals surface area contributed by atoms with E-state index in [-0.39, 0.29) is 4.90 Å². The smallest absolute Gasteiger partial charge is 0.283 e. The number of rotatable bonds is 5. The number of carbonyl (C=O) groups excluding carboxylic acids is 1. The third-order valence-electron chi connectivity index (χ3n) is 3.94. The number of sulfonamides is 1. The molecular formula is C19H18ClN3O3S2. The highest BCUT2D eigenvalue weighted by molar-refractivity contribution is 7.90. The largest absolute Gasteiger partial charge is 0.334 e. The first-order valence-electron chi connectivity index (χ1n) is 8.40. The van der Waals surface area contributed by atoms with Crippen molar-refractivity contribution < 1.29 is 13.2 Å². The summed E-state index contributed by atoms with van der Waals surface area (Å²) in [7, 11) is -4.00. The Hall–Kier alpha value is -2.42. The second-order valence-electron chi connectivity index (χ2n) is 6.32. The van der Waals surface area contributed by atoms with Crippen molar-refractivity contribution in [3.05, 3.63) is 65.3 Å². The number of urea groups is 1. The fraction of sp³-hybridized carbons (Fsp3) is 0.158. The number of hydrogen-bond acceptors (Lipinski definition) is 5. The monoisotopic (exact) mass is 435 g/mol. The molecule has 1 heterocycles. The molecule has 0 unspecified atom stereocenters. The molecule has 2 N–H and O–H groups in total. The van der Waals surface area contributed by atoms with Gasteiger partial charge in [0.1, 0.15) is 0 Å².